The number of primary amides is 1. The summed E-state index contributed by atoms with van der Waals surface area (Å²) < 4.78 is 4.65. The number of methoxy groups -OCH3 is 1. The first-order chi connectivity index (χ1) is 8.63. The lowest BCUT2D eigenvalue weighted by atomic mass is 10.1. The van der Waals surface area contributed by atoms with Gasteiger partial charge in [0.1, 0.15) is 6.61 Å². The Bertz CT molecular complexity index is 483. The predicted molar refractivity (Wildman–Crippen MR) is 66.7 cm³/mol. The van der Waals surface area contributed by atoms with Crippen molar-refractivity contribution in [3.63, 3.8) is 0 Å². The molecule has 5 heteroatoms. The van der Waals surface area contributed by atoms with Crippen molar-refractivity contribution in [3.8, 4) is 11.8 Å². The number of ether oxygens (including phenoxy) is 1. The summed E-state index contributed by atoms with van der Waals surface area (Å²) in [5.74, 6) is 4.95. The molecule has 0 saturated carbocycles. The summed E-state index contributed by atoms with van der Waals surface area (Å²) in [6.45, 7) is 0.273. The molecule has 0 saturated heterocycles. The molecule has 2 amide bonds. The van der Waals surface area contributed by atoms with E-state index in [4.69, 9.17) is 5.73 Å². The van der Waals surface area contributed by atoms with Gasteiger partial charge in [0.2, 0.25) is 11.8 Å². The van der Waals surface area contributed by atoms with E-state index in [0.717, 1.165) is 5.56 Å². The average molecular weight is 246 g/mol. The van der Waals surface area contributed by atoms with Crippen LogP contribution in [0.3, 0.4) is 0 Å². The van der Waals surface area contributed by atoms with Gasteiger partial charge < -0.3 is 15.8 Å². The van der Waals surface area contributed by atoms with E-state index in [1.54, 1.807) is 24.3 Å². The van der Waals surface area contributed by atoms with Crippen LogP contribution in [0.1, 0.15) is 15.9 Å². The summed E-state index contributed by atoms with van der Waals surface area (Å²) in [7, 11) is 1.45. The second-order valence-corrected chi connectivity index (χ2v) is 3.45. The van der Waals surface area contributed by atoms with Crippen LogP contribution in [0.4, 0.5) is 0 Å². The Labute approximate surface area is 105 Å². The van der Waals surface area contributed by atoms with Gasteiger partial charge in [0.15, 0.2) is 0 Å². The van der Waals surface area contributed by atoms with E-state index in [2.05, 4.69) is 21.9 Å². The summed E-state index contributed by atoms with van der Waals surface area (Å²) in [5, 5.41) is 2.57. The second kappa shape index (κ2) is 7.09. The quantitative estimate of drug-likeness (QED) is 0.728. The standard InChI is InChI=1S/C13H14N2O3/c1-18-9-12(16)15-8-2-3-10-4-6-11(7-5-10)13(14)17/h4-7H,8-9H2,1H3,(H2,14,17)(H,15,16). The Kier molecular flexibility index (Phi) is 5.42. The van der Waals surface area contributed by atoms with Crippen LogP contribution < -0.4 is 11.1 Å². The molecular formula is C13H14N2O3. The molecule has 0 bridgehead atoms. The molecular weight excluding hydrogens is 232 g/mol. The summed E-state index contributed by atoms with van der Waals surface area (Å²) >= 11 is 0. The van der Waals surface area contributed by atoms with Crippen molar-refractivity contribution in [1.29, 1.82) is 0 Å². The maximum absolute atomic E-state index is 11.0. The molecule has 0 unspecified atom stereocenters. The maximum Gasteiger partial charge on any atom is 0.248 e. The van der Waals surface area contributed by atoms with E-state index < -0.39 is 5.91 Å². The minimum Gasteiger partial charge on any atom is -0.375 e. The largest absolute Gasteiger partial charge is 0.375 e. The average Bonchev–Trinajstić information content (AvgIpc) is 2.35. The molecule has 1 aromatic rings. The molecule has 0 radical (unpaired) electrons. The molecule has 3 N–H and O–H groups in total. The van der Waals surface area contributed by atoms with E-state index >= 15 is 0 Å². The topological polar surface area (TPSA) is 81.4 Å². The van der Waals surface area contributed by atoms with E-state index in [-0.39, 0.29) is 19.1 Å². The zero-order valence-corrected chi connectivity index (χ0v) is 10.0. The fourth-order valence-corrected chi connectivity index (χ4v) is 1.19. The Morgan fingerprint density at radius 1 is 1.33 bits per heavy atom. The smallest absolute Gasteiger partial charge is 0.248 e. The number of carbonyl (C=O) groups is 2. The van der Waals surface area contributed by atoms with Crippen LogP contribution in [0.5, 0.6) is 0 Å². The minimum absolute atomic E-state index is 0.0228. The molecule has 1 aromatic carbocycles. The lowest BCUT2D eigenvalue weighted by molar-refractivity contribution is -0.124. The molecule has 1 rings (SSSR count). The van der Waals surface area contributed by atoms with Crippen molar-refractivity contribution in [3.05, 3.63) is 35.4 Å². The van der Waals surface area contributed by atoms with Gasteiger partial charge in [0.05, 0.1) is 6.54 Å². The molecule has 0 aliphatic rings. The monoisotopic (exact) mass is 246 g/mol. The van der Waals surface area contributed by atoms with Gasteiger partial charge in [-0.2, -0.15) is 0 Å². The number of hydrogen-bond donors (Lipinski definition) is 2. The minimum atomic E-state index is -0.471. The van der Waals surface area contributed by atoms with Crippen molar-refractivity contribution in [1.82, 2.24) is 5.32 Å². The lowest BCUT2D eigenvalue weighted by Gasteiger charge is -1.98. The molecule has 5 nitrogen and oxygen atoms in total. The van der Waals surface area contributed by atoms with Gasteiger partial charge in [-0.3, -0.25) is 9.59 Å². The zero-order valence-electron chi connectivity index (χ0n) is 10.0. The van der Waals surface area contributed by atoms with Crippen molar-refractivity contribution in [2.45, 2.75) is 0 Å². The van der Waals surface area contributed by atoms with Crippen molar-refractivity contribution >= 4 is 11.8 Å². The SMILES string of the molecule is COCC(=O)NCC#Cc1ccc(C(N)=O)cc1. The van der Waals surface area contributed by atoms with Gasteiger partial charge in [-0.1, -0.05) is 11.8 Å². The lowest BCUT2D eigenvalue weighted by Crippen LogP contribution is -2.27. The molecule has 0 fully saturated rings. The summed E-state index contributed by atoms with van der Waals surface area (Å²) in [4.78, 5) is 21.9. The molecule has 0 aromatic heterocycles. The van der Waals surface area contributed by atoms with E-state index in [1.807, 2.05) is 0 Å². The van der Waals surface area contributed by atoms with E-state index in [0.29, 0.717) is 5.56 Å². The highest BCUT2D eigenvalue weighted by molar-refractivity contribution is 5.92. The third kappa shape index (κ3) is 4.68. The summed E-state index contributed by atoms with van der Waals surface area (Å²) in [6, 6.07) is 6.61. The van der Waals surface area contributed by atoms with Crippen LogP contribution in [-0.2, 0) is 9.53 Å². The normalized spacial score (nSPS) is 9.17. The number of carbonyl (C=O) groups excluding carboxylic acids is 2. The first-order valence-corrected chi connectivity index (χ1v) is 5.28. The highest BCUT2D eigenvalue weighted by atomic mass is 16.5. The zero-order chi connectivity index (χ0) is 13.4. The Balaban J connectivity index is 2.48. The number of hydrogen-bond acceptors (Lipinski definition) is 3. The molecule has 0 spiro atoms. The molecule has 18 heavy (non-hydrogen) atoms. The number of nitrogens with two attached hydrogens (primary N) is 1. The fraction of sp³-hybridized carbons (Fsp3) is 0.231. The Morgan fingerprint density at radius 3 is 2.56 bits per heavy atom. The van der Waals surface area contributed by atoms with Gasteiger partial charge >= 0.3 is 0 Å². The van der Waals surface area contributed by atoms with Crippen molar-refractivity contribution < 1.29 is 14.3 Å². The summed E-state index contributed by atoms with van der Waals surface area (Å²) in [5.41, 5.74) is 6.30. The predicted octanol–water partition coefficient (Wildman–Crippen LogP) is -0.100. The highest BCUT2D eigenvalue weighted by Crippen LogP contribution is 2.01. The first-order valence-electron chi connectivity index (χ1n) is 5.28. The second-order valence-electron chi connectivity index (χ2n) is 3.45. The van der Waals surface area contributed by atoms with Gasteiger partial charge in [0, 0.05) is 18.2 Å². The van der Waals surface area contributed by atoms with Crippen molar-refractivity contribution in [2.75, 3.05) is 20.3 Å². The van der Waals surface area contributed by atoms with Gasteiger partial charge in [-0.25, -0.2) is 0 Å². The van der Waals surface area contributed by atoms with Gasteiger partial charge in [0.25, 0.3) is 0 Å². The van der Waals surface area contributed by atoms with Crippen LogP contribution in [0, 0.1) is 11.8 Å². The van der Waals surface area contributed by atoms with Crippen molar-refractivity contribution in [2.24, 2.45) is 5.73 Å². The van der Waals surface area contributed by atoms with Gasteiger partial charge in [-0.15, -0.1) is 0 Å². The third-order valence-corrected chi connectivity index (χ3v) is 2.05. The number of rotatable bonds is 4. The van der Waals surface area contributed by atoms with Gasteiger partial charge in [-0.05, 0) is 24.3 Å². The number of benzene rings is 1. The van der Waals surface area contributed by atoms with Crippen LogP contribution in [-0.4, -0.2) is 32.1 Å². The van der Waals surface area contributed by atoms with Crippen LogP contribution in [0.15, 0.2) is 24.3 Å². The summed E-state index contributed by atoms with van der Waals surface area (Å²) in [6.07, 6.45) is 0. The highest BCUT2D eigenvalue weighted by Gasteiger charge is 1.98. The molecule has 0 aliphatic carbocycles. The van der Waals surface area contributed by atoms with E-state index in [9.17, 15) is 9.59 Å². The number of amides is 2. The molecule has 94 valence electrons. The molecule has 0 atom stereocenters. The Hall–Kier alpha value is -2.32. The molecule has 0 heterocycles. The fourth-order valence-electron chi connectivity index (χ4n) is 1.19. The third-order valence-electron chi connectivity index (χ3n) is 2.05. The van der Waals surface area contributed by atoms with E-state index in [1.165, 1.54) is 7.11 Å². The molecule has 0 aliphatic heterocycles. The van der Waals surface area contributed by atoms with Crippen LogP contribution in [0.25, 0.3) is 0 Å². The Morgan fingerprint density at radius 2 is 2.00 bits per heavy atom. The maximum atomic E-state index is 11.0. The number of nitrogens with one attached hydrogen (secondary N) is 1. The van der Waals surface area contributed by atoms with Crippen LogP contribution >= 0.6 is 0 Å². The first kappa shape index (κ1) is 13.7. The van der Waals surface area contributed by atoms with Crippen LogP contribution in [0.2, 0.25) is 0 Å².